The van der Waals surface area contributed by atoms with Crippen LogP contribution in [0, 0.1) is 0 Å². The van der Waals surface area contributed by atoms with Crippen LogP contribution in [0.15, 0.2) is 24.3 Å². The molecule has 7 nitrogen and oxygen atoms in total. The summed E-state index contributed by atoms with van der Waals surface area (Å²) in [5.74, 6) is 1.21. The highest BCUT2D eigenvalue weighted by atomic mass is 32.2. The van der Waals surface area contributed by atoms with E-state index in [-0.39, 0.29) is 17.7 Å². The molecule has 29 heavy (non-hydrogen) atoms. The van der Waals surface area contributed by atoms with Crippen molar-refractivity contribution in [2.45, 2.75) is 65.0 Å². The zero-order chi connectivity index (χ0) is 21.1. The van der Waals surface area contributed by atoms with Gasteiger partial charge in [0.05, 0.1) is 12.3 Å². The van der Waals surface area contributed by atoms with E-state index in [1.807, 2.05) is 12.1 Å². The van der Waals surface area contributed by atoms with Crippen LogP contribution in [0.2, 0.25) is 0 Å². The Morgan fingerprint density at radius 3 is 2.59 bits per heavy atom. The number of sulfonamides is 1. The van der Waals surface area contributed by atoms with Crippen molar-refractivity contribution in [1.29, 1.82) is 0 Å². The summed E-state index contributed by atoms with van der Waals surface area (Å²) in [5, 5.41) is 7.06. The van der Waals surface area contributed by atoms with Gasteiger partial charge in [0.15, 0.2) is 5.82 Å². The van der Waals surface area contributed by atoms with E-state index in [0.717, 1.165) is 18.7 Å². The molecule has 0 radical (unpaired) electrons. The molecule has 8 heteroatoms. The summed E-state index contributed by atoms with van der Waals surface area (Å²) in [5.41, 5.74) is 2.24. The van der Waals surface area contributed by atoms with Crippen molar-refractivity contribution in [1.82, 2.24) is 24.8 Å². The second-order valence-corrected chi connectivity index (χ2v) is 10.9. The number of aromatic nitrogens is 3. The first-order chi connectivity index (χ1) is 13.6. The lowest BCUT2D eigenvalue weighted by Crippen LogP contribution is -2.31. The third kappa shape index (κ3) is 6.10. The molecule has 1 saturated heterocycles. The van der Waals surface area contributed by atoms with E-state index in [1.165, 1.54) is 18.4 Å². The molecule has 2 aromatic rings. The minimum atomic E-state index is -3.33. The zero-order valence-electron chi connectivity index (χ0n) is 17.9. The van der Waals surface area contributed by atoms with Crippen LogP contribution in [0.1, 0.15) is 58.3 Å². The SMILES string of the molecule is CC1CCCN1CCCS(=O)(=O)NCc1nc(-c2ccc(C(C)(C)C)cc2)n[nH]1. The first-order valence-electron chi connectivity index (χ1n) is 10.4. The molecule has 1 aromatic heterocycles. The van der Waals surface area contributed by atoms with Crippen LogP contribution in [-0.4, -0.2) is 53.4 Å². The maximum Gasteiger partial charge on any atom is 0.212 e. The average molecular weight is 420 g/mol. The van der Waals surface area contributed by atoms with Gasteiger partial charge < -0.3 is 4.90 Å². The molecule has 2 heterocycles. The predicted octanol–water partition coefficient (Wildman–Crippen LogP) is 3.06. The van der Waals surface area contributed by atoms with Crippen molar-refractivity contribution >= 4 is 10.0 Å². The number of nitrogens with one attached hydrogen (secondary N) is 2. The molecule has 2 N–H and O–H groups in total. The topological polar surface area (TPSA) is 91.0 Å². The van der Waals surface area contributed by atoms with Gasteiger partial charge in [-0.25, -0.2) is 18.1 Å². The summed E-state index contributed by atoms with van der Waals surface area (Å²) in [6, 6.07) is 8.72. The van der Waals surface area contributed by atoms with Gasteiger partial charge in [0, 0.05) is 11.6 Å². The molecule has 1 unspecified atom stereocenters. The molecule has 0 bridgehead atoms. The van der Waals surface area contributed by atoms with E-state index in [4.69, 9.17) is 0 Å². The van der Waals surface area contributed by atoms with Crippen molar-refractivity contribution in [3.05, 3.63) is 35.7 Å². The van der Waals surface area contributed by atoms with Crippen molar-refractivity contribution < 1.29 is 8.42 Å². The van der Waals surface area contributed by atoms with Gasteiger partial charge in [-0.3, -0.25) is 5.10 Å². The number of H-pyrrole nitrogens is 1. The Balaban J connectivity index is 1.50. The Kier molecular flexibility index (Phi) is 6.76. The van der Waals surface area contributed by atoms with Crippen LogP contribution in [0.4, 0.5) is 0 Å². The fourth-order valence-corrected chi connectivity index (χ4v) is 4.67. The summed E-state index contributed by atoms with van der Waals surface area (Å²) in [4.78, 5) is 6.79. The Morgan fingerprint density at radius 2 is 1.97 bits per heavy atom. The second-order valence-electron chi connectivity index (χ2n) is 8.95. The molecular formula is C21H33N5O2S. The standard InChI is InChI=1S/C21H33N5O2S/c1-16-7-5-12-26(16)13-6-14-29(27,28)22-15-19-23-20(25-24-19)17-8-10-18(11-9-17)21(2,3)4/h8-11,16,22H,5-7,12-15H2,1-4H3,(H,23,24,25). The maximum atomic E-state index is 12.3. The van der Waals surface area contributed by atoms with Gasteiger partial charge >= 0.3 is 0 Å². The molecule has 0 spiro atoms. The van der Waals surface area contributed by atoms with Gasteiger partial charge in [-0.05, 0) is 50.3 Å². The first-order valence-corrected chi connectivity index (χ1v) is 12.0. The number of aromatic amines is 1. The number of likely N-dealkylation sites (tertiary alicyclic amines) is 1. The van der Waals surface area contributed by atoms with Crippen LogP contribution in [0.25, 0.3) is 11.4 Å². The molecule has 3 rings (SSSR count). The minimum Gasteiger partial charge on any atom is -0.301 e. The van der Waals surface area contributed by atoms with Crippen LogP contribution < -0.4 is 4.72 Å². The highest BCUT2D eigenvalue weighted by molar-refractivity contribution is 7.89. The predicted molar refractivity (Wildman–Crippen MR) is 116 cm³/mol. The van der Waals surface area contributed by atoms with E-state index in [9.17, 15) is 8.42 Å². The van der Waals surface area contributed by atoms with Crippen molar-refractivity contribution in [2.75, 3.05) is 18.8 Å². The lowest BCUT2D eigenvalue weighted by Gasteiger charge is -2.20. The number of rotatable bonds is 8. The Labute approximate surface area is 174 Å². The third-order valence-corrected chi connectivity index (χ3v) is 6.96. The summed E-state index contributed by atoms with van der Waals surface area (Å²) in [7, 11) is -3.33. The largest absolute Gasteiger partial charge is 0.301 e. The number of nitrogens with zero attached hydrogens (tertiary/aromatic N) is 3. The Bertz CT molecular complexity index is 900. The first kappa shape index (κ1) is 21.9. The number of hydrogen-bond donors (Lipinski definition) is 2. The van der Waals surface area contributed by atoms with E-state index in [2.05, 4.69) is 64.6 Å². The molecule has 1 atom stereocenters. The molecule has 1 aliphatic heterocycles. The normalized spacial score (nSPS) is 18.4. The van der Waals surface area contributed by atoms with Gasteiger partial charge in [-0.1, -0.05) is 45.0 Å². The molecule has 0 amide bonds. The molecule has 0 saturated carbocycles. The lowest BCUT2D eigenvalue weighted by atomic mass is 9.87. The summed E-state index contributed by atoms with van der Waals surface area (Å²) in [6.07, 6.45) is 3.05. The van der Waals surface area contributed by atoms with E-state index in [1.54, 1.807) is 0 Å². The van der Waals surface area contributed by atoms with Gasteiger partial charge in [-0.15, -0.1) is 0 Å². The van der Waals surface area contributed by atoms with Gasteiger partial charge in [0.2, 0.25) is 10.0 Å². The fourth-order valence-electron chi connectivity index (χ4n) is 3.66. The smallest absolute Gasteiger partial charge is 0.212 e. The van der Waals surface area contributed by atoms with Gasteiger partial charge in [0.1, 0.15) is 5.82 Å². The fraction of sp³-hybridized carbons (Fsp3) is 0.619. The quantitative estimate of drug-likeness (QED) is 0.686. The highest BCUT2D eigenvalue weighted by Gasteiger charge is 2.20. The molecule has 1 aliphatic rings. The summed E-state index contributed by atoms with van der Waals surface area (Å²) < 4.78 is 27.2. The van der Waals surface area contributed by atoms with Crippen LogP contribution in [-0.2, 0) is 22.0 Å². The van der Waals surface area contributed by atoms with E-state index in [0.29, 0.717) is 24.1 Å². The lowest BCUT2D eigenvalue weighted by molar-refractivity contribution is 0.270. The van der Waals surface area contributed by atoms with Gasteiger partial charge in [-0.2, -0.15) is 5.10 Å². The van der Waals surface area contributed by atoms with Crippen molar-refractivity contribution in [2.24, 2.45) is 0 Å². The molecular weight excluding hydrogens is 386 g/mol. The summed E-state index contributed by atoms with van der Waals surface area (Å²) in [6.45, 7) is 10.7. The highest BCUT2D eigenvalue weighted by Crippen LogP contribution is 2.24. The van der Waals surface area contributed by atoms with Crippen LogP contribution >= 0.6 is 0 Å². The Hall–Kier alpha value is -1.77. The molecule has 160 valence electrons. The third-order valence-electron chi connectivity index (χ3n) is 5.55. The van der Waals surface area contributed by atoms with Gasteiger partial charge in [0.25, 0.3) is 0 Å². The van der Waals surface area contributed by atoms with Crippen molar-refractivity contribution in [3.8, 4) is 11.4 Å². The van der Waals surface area contributed by atoms with Crippen molar-refractivity contribution in [3.63, 3.8) is 0 Å². The molecule has 1 aromatic carbocycles. The summed E-state index contributed by atoms with van der Waals surface area (Å²) >= 11 is 0. The number of hydrogen-bond acceptors (Lipinski definition) is 5. The van der Waals surface area contributed by atoms with E-state index < -0.39 is 10.0 Å². The maximum absolute atomic E-state index is 12.3. The minimum absolute atomic E-state index is 0.0911. The van der Waals surface area contributed by atoms with E-state index >= 15 is 0 Å². The zero-order valence-corrected chi connectivity index (χ0v) is 18.7. The van der Waals surface area contributed by atoms with Crippen LogP contribution in [0.5, 0.6) is 0 Å². The monoisotopic (exact) mass is 419 g/mol. The molecule has 0 aliphatic carbocycles. The number of benzene rings is 1. The molecule has 1 fully saturated rings. The van der Waals surface area contributed by atoms with Crippen LogP contribution in [0.3, 0.4) is 0 Å². The second kappa shape index (κ2) is 8.93. The Morgan fingerprint density at radius 1 is 1.24 bits per heavy atom. The average Bonchev–Trinajstić information content (AvgIpc) is 3.29.